The predicted molar refractivity (Wildman–Crippen MR) is 150 cm³/mol. The lowest BCUT2D eigenvalue weighted by Crippen LogP contribution is -2.42. The Bertz CT molecular complexity index is 1060. The van der Waals surface area contributed by atoms with Crippen LogP contribution in [0.2, 0.25) is 0 Å². The van der Waals surface area contributed by atoms with E-state index in [0.29, 0.717) is 6.42 Å². The van der Waals surface area contributed by atoms with Crippen LogP contribution in [0.1, 0.15) is 62.3 Å². The van der Waals surface area contributed by atoms with Gasteiger partial charge in [0.05, 0.1) is 13.1 Å². The summed E-state index contributed by atoms with van der Waals surface area (Å²) < 4.78 is 2.05. The van der Waals surface area contributed by atoms with Gasteiger partial charge in [0, 0.05) is 44.9 Å². The number of nitrogens with zero attached hydrogens (tertiary/aromatic N) is 6. The Morgan fingerprint density at radius 3 is 2.21 bits per heavy atom. The maximum atomic E-state index is 11.9. The number of hydrogen-bond donors (Lipinski definition) is 2. The summed E-state index contributed by atoms with van der Waals surface area (Å²) >= 11 is 0. The molecule has 208 valence electrons. The number of carboxylic acids is 1. The van der Waals surface area contributed by atoms with Gasteiger partial charge in [0.25, 0.3) is 0 Å². The van der Waals surface area contributed by atoms with Gasteiger partial charge in [0.15, 0.2) is 0 Å². The van der Waals surface area contributed by atoms with Crippen LogP contribution in [-0.2, 0) is 38.0 Å². The topological polar surface area (TPSA) is 93.5 Å². The van der Waals surface area contributed by atoms with Crippen molar-refractivity contribution in [2.24, 2.45) is 7.05 Å². The smallest absolute Gasteiger partial charge is 0.320 e. The number of benzene rings is 1. The minimum Gasteiger partial charge on any atom is -0.480 e. The van der Waals surface area contributed by atoms with Gasteiger partial charge in [-0.3, -0.25) is 14.6 Å². The number of rotatable bonds is 18. The number of aromatic amines is 1. The maximum Gasteiger partial charge on any atom is 0.320 e. The number of aliphatic carboxylic acids is 1. The maximum absolute atomic E-state index is 11.9. The van der Waals surface area contributed by atoms with Gasteiger partial charge in [-0.1, -0.05) is 38.1 Å². The zero-order valence-corrected chi connectivity index (χ0v) is 23.5. The van der Waals surface area contributed by atoms with E-state index >= 15 is 0 Å². The molecule has 3 rings (SSSR count). The fraction of sp³-hybridized carbons (Fsp3) is 0.552. The first-order valence-corrected chi connectivity index (χ1v) is 13.8. The second-order valence-corrected chi connectivity index (χ2v) is 10.2. The lowest BCUT2D eigenvalue weighted by molar-refractivity contribution is -0.143. The van der Waals surface area contributed by atoms with E-state index in [4.69, 9.17) is 0 Å². The lowest BCUT2D eigenvalue weighted by atomic mass is 10.1. The number of imidazole rings is 2. The van der Waals surface area contributed by atoms with Crippen LogP contribution in [0.5, 0.6) is 0 Å². The number of nitrogens with one attached hydrogen (secondary N) is 1. The first-order chi connectivity index (χ1) is 18.4. The molecule has 2 heterocycles. The zero-order valence-electron chi connectivity index (χ0n) is 23.5. The standard InChI is InChI=1S/C29H45N7O2/c1-5-16-36(17-6-2)26(29(37)38)8-7-18-33(3)20-24-9-11-25(12-10-24)21-35(22-27-30-13-14-31-27)23-28-32-15-19-34(28)4/h9-15,19,26H,5-8,16-18,20-23H2,1-4H3,(H,30,31)(H,37,38). The van der Waals surface area contributed by atoms with Crippen LogP contribution in [0.3, 0.4) is 0 Å². The van der Waals surface area contributed by atoms with Crippen molar-refractivity contribution in [3.8, 4) is 0 Å². The van der Waals surface area contributed by atoms with Gasteiger partial charge in [-0.05, 0) is 63.5 Å². The number of aromatic nitrogens is 4. The summed E-state index contributed by atoms with van der Waals surface area (Å²) in [6.07, 6.45) is 10.9. The average molecular weight is 524 g/mol. The number of carboxylic acid groups (broad SMARTS) is 1. The molecule has 2 N–H and O–H groups in total. The van der Waals surface area contributed by atoms with E-state index in [1.807, 2.05) is 25.6 Å². The summed E-state index contributed by atoms with van der Waals surface area (Å²) in [5.74, 6) is 1.26. The minimum atomic E-state index is -0.700. The highest BCUT2D eigenvalue weighted by molar-refractivity contribution is 5.73. The highest BCUT2D eigenvalue weighted by Crippen LogP contribution is 2.15. The molecule has 3 aromatic rings. The summed E-state index contributed by atoms with van der Waals surface area (Å²) in [7, 11) is 4.13. The van der Waals surface area contributed by atoms with Crippen molar-refractivity contribution >= 4 is 5.97 Å². The largest absolute Gasteiger partial charge is 0.480 e. The molecule has 38 heavy (non-hydrogen) atoms. The van der Waals surface area contributed by atoms with E-state index in [9.17, 15) is 9.90 Å². The summed E-state index contributed by atoms with van der Waals surface area (Å²) in [4.78, 5) is 30.7. The molecule has 1 atom stereocenters. The van der Waals surface area contributed by atoms with Crippen LogP contribution in [-0.4, -0.2) is 78.0 Å². The minimum absolute atomic E-state index is 0.391. The van der Waals surface area contributed by atoms with Crippen molar-refractivity contribution < 1.29 is 9.90 Å². The van der Waals surface area contributed by atoms with E-state index in [2.05, 4.69) is 79.4 Å². The Hall–Kier alpha value is -3.01. The first-order valence-electron chi connectivity index (χ1n) is 13.8. The van der Waals surface area contributed by atoms with Crippen molar-refractivity contribution in [3.63, 3.8) is 0 Å². The molecule has 1 unspecified atom stereocenters. The molecular weight excluding hydrogens is 478 g/mol. The molecular formula is C29H45N7O2. The molecule has 0 aliphatic carbocycles. The molecule has 9 nitrogen and oxygen atoms in total. The Balaban J connectivity index is 1.51. The summed E-state index contributed by atoms with van der Waals surface area (Å²) in [5, 5.41) is 9.77. The lowest BCUT2D eigenvalue weighted by Gasteiger charge is -2.28. The Kier molecular flexibility index (Phi) is 12.0. The molecule has 0 aliphatic rings. The van der Waals surface area contributed by atoms with Crippen molar-refractivity contribution in [1.82, 2.24) is 34.2 Å². The van der Waals surface area contributed by atoms with Crippen LogP contribution < -0.4 is 0 Å². The third-order valence-electron chi connectivity index (χ3n) is 6.86. The fourth-order valence-corrected chi connectivity index (χ4v) is 4.93. The molecule has 0 bridgehead atoms. The van der Waals surface area contributed by atoms with Crippen molar-refractivity contribution in [2.75, 3.05) is 26.7 Å². The summed E-state index contributed by atoms with van der Waals surface area (Å²) in [6.45, 7) is 9.87. The molecule has 9 heteroatoms. The van der Waals surface area contributed by atoms with E-state index in [1.165, 1.54) is 11.1 Å². The summed E-state index contributed by atoms with van der Waals surface area (Å²) in [6, 6.07) is 8.40. The SMILES string of the molecule is CCCN(CCC)C(CCCN(C)Cc1ccc(CN(Cc2ncc[nH]2)Cc2nccn2C)cc1)C(=O)O. The molecule has 0 radical (unpaired) electrons. The third-order valence-corrected chi connectivity index (χ3v) is 6.86. The van der Waals surface area contributed by atoms with Gasteiger partial charge in [-0.15, -0.1) is 0 Å². The van der Waals surface area contributed by atoms with E-state index in [1.54, 1.807) is 6.20 Å². The average Bonchev–Trinajstić information content (AvgIpc) is 3.54. The van der Waals surface area contributed by atoms with E-state index in [-0.39, 0.29) is 0 Å². The number of H-pyrrole nitrogens is 1. The van der Waals surface area contributed by atoms with E-state index < -0.39 is 12.0 Å². The first kappa shape index (κ1) is 29.5. The van der Waals surface area contributed by atoms with Gasteiger partial charge < -0.3 is 19.6 Å². The second-order valence-electron chi connectivity index (χ2n) is 10.2. The predicted octanol–water partition coefficient (Wildman–Crippen LogP) is 4.13. The van der Waals surface area contributed by atoms with Gasteiger partial charge in [0.1, 0.15) is 17.7 Å². The molecule has 0 aliphatic heterocycles. The van der Waals surface area contributed by atoms with Crippen LogP contribution in [0.15, 0.2) is 49.1 Å². The molecule has 0 saturated heterocycles. The monoisotopic (exact) mass is 523 g/mol. The molecule has 0 spiro atoms. The molecule has 2 aromatic heterocycles. The van der Waals surface area contributed by atoms with Crippen LogP contribution in [0, 0.1) is 0 Å². The van der Waals surface area contributed by atoms with Gasteiger partial charge in [0.2, 0.25) is 0 Å². The Morgan fingerprint density at radius 1 is 0.974 bits per heavy atom. The number of carbonyl (C=O) groups is 1. The molecule has 0 amide bonds. The van der Waals surface area contributed by atoms with Gasteiger partial charge in [-0.25, -0.2) is 9.97 Å². The van der Waals surface area contributed by atoms with Crippen LogP contribution in [0.4, 0.5) is 0 Å². The van der Waals surface area contributed by atoms with Crippen molar-refractivity contribution in [3.05, 3.63) is 71.8 Å². The highest BCUT2D eigenvalue weighted by atomic mass is 16.4. The number of aryl methyl sites for hydroxylation is 1. The normalized spacial score (nSPS) is 12.6. The Labute approximate surface area is 227 Å². The van der Waals surface area contributed by atoms with Gasteiger partial charge >= 0.3 is 5.97 Å². The molecule has 1 aromatic carbocycles. The third kappa shape index (κ3) is 9.38. The zero-order chi connectivity index (χ0) is 27.3. The summed E-state index contributed by atoms with van der Waals surface area (Å²) in [5.41, 5.74) is 2.50. The number of hydrogen-bond acceptors (Lipinski definition) is 6. The fourth-order valence-electron chi connectivity index (χ4n) is 4.93. The highest BCUT2D eigenvalue weighted by Gasteiger charge is 2.24. The van der Waals surface area contributed by atoms with Crippen molar-refractivity contribution in [2.45, 2.75) is 71.8 Å². The van der Waals surface area contributed by atoms with Crippen LogP contribution in [0.25, 0.3) is 0 Å². The molecule has 0 fully saturated rings. The van der Waals surface area contributed by atoms with Crippen molar-refractivity contribution in [1.29, 1.82) is 0 Å². The quantitative estimate of drug-likeness (QED) is 0.259. The Morgan fingerprint density at radius 2 is 1.66 bits per heavy atom. The molecule has 0 saturated carbocycles. The van der Waals surface area contributed by atoms with Gasteiger partial charge in [-0.2, -0.15) is 0 Å². The van der Waals surface area contributed by atoms with Crippen LogP contribution >= 0.6 is 0 Å². The second kappa shape index (κ2) is 15.4. The van der Waals surface area contributed by atoms with E-state index in [0.717, 1.165) is 76.7 Å².